The molecule has 1 fully saturated rings. The quantitative estimate of drug-likeness (QED) is 0.860. The fraction of sp³-hybridized carbons (Fsp3) is 0.421. The van der Waals surface area contributed by atoms with E-state index in [4.69, 9.17) is 14.5 Å². The van der Waals surface area contributed by atoms with E-state index in [1.165, 1.54) is 0 Å². The second-order valence-electron chi connectivity index (χ2n) is 6.58. The van der Waals surface area contributed by atoms with Gasteiger partial charge < -0.3 is 14.4 Å². The average molecular weight is 338 g/mol. The monoisotopic (exact) mass is 338 g/mol. The molecule has 0 amide bonds. The fourth-order valence-corrected chi connectivity index (χ4v) is 3.60. The van der Waals surface area contributed by atoms with Crippen LogP contribution in [0.3, 0.4) is 0 Å². The van der Waals surface area contributed by atoms with Crippen molar-refractivity contribution < 1.29 is 9.47 Å². The lowest BCUT2D eigenvalue weighted by molar-refractivity contribution is -0.00545. The van der Waals surface area contributed by atoms with Crippen molar-refractivity contribution in [1.82, 2.24) is 9.97 Å². The van der Waals surface area contributed by atoms with Gasteiger partial charge in [0.05, 0.1) is 37.1 Å². The lowest BCUT2D eigenvalue weighted by atomic mass is 10.0. The summed E-state index contributed by atoms with van der Waals surface area (Å²) in [5.41, 5.74) is 4.11. The molecular weight excluding hydrogens is 316 g/mol. The van der Waals surface area contributed by atoms with Crippen molar-refractivity contribution >= 4 is 11.5 Å². The lowest BCUT2D eigenvalue weighted by Crippen LogP contribution is -2.45. The first kappa shape index (κ1) is 16.0. The van der Waals surface area contributed by atoms with Crippen LogP contribution in [0.2, 0.25) is 0 Å². The molecule has 0 aliphatic carbocycles. The summed E-state index contributed by atoms with van der Waals surface area (Å²) < 4.78 is 11.3. The molecule has 0 saturated carbocycles. The highest BCUT2D eigenvalue weighted by molar-refractivity contribution is 6.16. The van der Waals surface area contributed by atoms with Crippen LogP contribution >= 0.6 is 0 Å². The summed E-state index contributed by atoms with van der Waals surface area (Å²) in [4.78, 5) is 15.9. The number of hydrogen-bond donors (Lipinski definition) is 0. The summed E-state index contributed by atoms with van der Waals surface area (Å²) in [5, 5.41) is 0. The Morgan fingerprint density at radius 3 is 2.64 bits per heavy atom. The topological polar surface area (TPSA) is 59.8 Å². The molecule has 25 heavy (non-hydrogen) atoms. The van der Waals surface area contributed by atoms with Gasteiger partial charge in [-0.25, -0.2) is 9.97 Å². The van der Waals surface area contributed by atoms with E-state index in [1.54, 1.807) is 13.3 Å². The minimum atomic E-state index is 0.197. The van der Waals surface area contributed by atoms with E-state index in [9.17, 15) is 0 Å². The largest absolute Gasteiger partial charge is 0.480 e. The number of fused-ring (bicyclic) bond motifs is 1. The van der Waals surface area contributed by atoms with E-state index in [2.05, 4.69) is 34.8 Å². The van der Waals surface area contributed by atoms with Crippen LogP contribution in [-0.4, -0.2) is 48.1 Å². The second kappa shape index (κ2) is 6.44. The van der Waals surface area contributed by atoms with Crippen molar-refractivity contribution in [3.05, 3.63) is 47.3 Å². The zero-order valence-corrected chi connectivity index (χ0v) is 14.8. The number of aromatic nitrogens is 2. The Bertz CT molecular complexity index is 811. The second-order valence-corrected chi connectivity index (χ2v) is 6.58. The number of methoxy groups -OCH3 is 1. The van der Waals surface area contributed by atoms with Gasteiger partial charge in [0.1, 0.15) is 5.82 Å². The number of nitrogens with zero attached hydrogens (tertiary/aromatic N) is 4. The van der Waals surface area contributed by atoms with Gasteiger partial charge in [-0.1, -0.05) is 0 Å². The van der Waals surface area contributed by atoms with E-state index in [0.717, 1.165) is 41.3 Å². The molecule has 4 heterocycles. The number of rotatable bonds is 3. The van der Waals surface area contributed by atoms with Crippen LogP contribution < -0.4 is 9.64 Å². The Labute approximate surface area is 147 Å². The lowest BCUT2D eigenvalue weighted by Gasteiger charge is -2.36. The molecule has 130 valence electrons. The molecule has 0 bridgehead atoms. The van der Waals surface area contributed by atoms with Crippen LogP contribution in [0.5, 0.6) is 5.88 Å². The molecule has 0 aromatic carbocycles. The number of morpholine rings is 1. The van der Waals surface area contributed by atoms with E-state index in [0.29, 0.717) is 12.4 Å². The third kappa shape index (κ3) is 2.98. The van der Waals surface area contributed by atoms with Gasteiger partial charge in [-0.05, 0) is 37.6 Å². The first-order valence-electron chi connectivity index (χ1n) is 8.59. The van der Waals surface area contributed by atoms with Crippen molar-refractivity contribution in [1.29, 1.82) is 0 Å². The molecule has 2 aromatic rings. The zero-order chi connectivity index (χ0) is 17.4. The molecule has 1 saturated heterocycles. The van der Waals surface area contributed by atoms with Crippen LogP contribution in [0.15, 0.2) is 35.6 Å². The maximum atomic E-state index is 5.83. The highest BCUT2D eigenvalue weighted by atomic mass is 16.5. The van der Waals surface area contributed by atoms with Crippen molar-refractivity contribution in [3.8, 4) is 5.88 Å². The zero-order valence-electron chi connectivity index (χ0n) is 14.8. The first-order valence-corrected chi connectivity index (χ1v) is 8.59. The average Bonchev–Trinajstić information content (AvgIpc) is 3.05. The van der Waals surface area contributed by atoms with Gasteiger partial charge in [0.2, 0.25) is 5.88 Å². The maximum Gasteiger partial charge on any atom is 0.222 e. The maximum absolute atomic E-state index is 5.83. The highest BCUT2D eigenvalue weighted by Crippen LogP contribution is 2.30. The van der Waals surface area contributed by atoms with Gasteiger partial charge in [-0.2, -0.15) is 0 Å². The Balaban J connectivity index is 1.68. The van der Waals surface area contributed by atoms with Crippen molar-refractivity contribution in [3.63, 3.8) is 0 Å². The minimum absolute atomic E-state index is 0.197. The van der Waals surface area contributed by atoms with Crippen LogP contribution in [0.25, 0.3) is 0 Å². The molecule has 2 aromatic heterocycles. The number of ether oxygens (including phenoxy) is 2. The summed E-state index contributed by atoms with van der Waals surface area (Å²) in [6, 6.07) is 6.10. The smallest absolute Gasteiger partial charge is 0.222 e. The Hall–Kier alpha value is -2.47. The fourth-order valence-electron chi connectivity index (χ4n) is 3.60. The molecule has 6 nitrogen and oxygen atoms in total. The molecule has 0 radical (unpaired) electrons. The molecule has 0 spiro atoms. The van der Waals surface area contributed by atoms with E-state index < -0.39 is 0 Å². The van der Waals surface area contributed by atoms with E-state index in [-0.39, 0.29) is 12.2 Å². The van der Waals surface area contributed by atoms with Crippen molar-refractivity contribution in [2.75, 3.05) is 25.1 Å². The molecule has 2 aliphatic heterocycles. The van der Waals surface area contributed by atoms with Gasteiger partial charge in [0.25, 0.3) is 0 Å². The van der Waals surface area contributed by atoms with Crippen molar-refractivity contribution in [2.45, 2.75) is 32.6 Å². The summed E-state index contributed by atoms with van der Waals surface area (Å²) in [6.07, 6.45) is 4.01. The van der Waals surface area contributed by atoms with Gasteiger partial charge in [0, 0.05) is 31.0 Å². The summed E-state index contributed by atoms with van der Waals surface area (Å²) in [5.74, 6) is 1.58. The third-order valence-corrected chi connectivity index (χ3v) is 4.60. The summed E-state index contributed by atoms with van der Waals surface area (Å²) in [6.45, 7) is 6.54. The summed E-state index contributed by atoms with van der Waals surface area (Å²) >= 11 is 0. The van der Waals surface area contributed by atoms with Gasteiger partial charge in [-0.3, -0.25) is 4.99 Å². The molecule has 2 atom stereocenters. The number of hydrogen-bond acceptors (Lipinski definition) is 6. The predicted molar refractivity (Wildman–Crippen MR) is 96.6 cm³/mol. The molecule has 4 rings (SSSR count). The molecule has 0 N–H and O–H groups in total. The summed E-state index contributed by atoms with van der Waals surface area (Å²) in [7, 11) is 1.65. The van der Waals surface area contributed by atoms with Gasteiger partial charge >= 0.3 is 0 Å². The standard InChI is InChI=1S/C19H22N4O2/c1-12-10-23(11-13(2)25-12)16-8-14(4-6-20-16)18-17-15(9-22-18)5-7-21-19(17)24-3/h4-8,12-13H,9-11H2,1-3H3/t12-,13+. The van der Waals surface area contributed by atoms with Crippen LogP contribution in [-0.2, 0) is 11.3 Å². The number of aliphatic imine (C=N–C) groups is 1. The first-order chi connectivity index (χ1) is 12.2. The Kier molecular flexibility index (Phi) is 4.13. The minimum Gasteiger partial charge on any atom is -0.480 e. The molecule has 0 unspecified atom stereocenters. The highest BCUT2D eigenvalue weighted by Gasteiger charge is 2.26. The van der Waals surface area contributed by atoms with E-state index in [1.807, 2.05) is 18.3 Å². The van der Waals surface area contributed by atoms with Crippen LogP contribution in [0.4, 0.5) is 5.82 Å². The Morgan fingerprint density at radius 2 is 1.88 bits per heavy atom. The Morgan fingerprint density at radius 1 is 1.12 bits per heavy atom. The number of anilines is 1. The molecule has 2 aliphatic rings. The van der Waals surface area contributed by atoms with Gasteiger partial charge in [0.15, 0.2) is 0 Å². The normalized spacial score (nSPS) is 22.5. The van der Waals surface area contributed by atoms with Crippen LogP contribution in [0, 0.1) is 0 Å². The molecule has 6 heteroatoms. The molecular formula is C19H22N4O2. The van der Waals surface area contributed by atoms with Crippen LogP contribution in [0.1, 0.15) is 30.5 Å². The third-order valence-electron chi connectivity index (χ3n) is 4.60. The predicted octanol–water partition coefficient (Wildman–Crippen LogP) is 2.45. The SMILES string of the molecule is COc1nccc2c1C(c1ccnc(N3C[C@@H](C)O[C@@H](C)C3)c1)=NC2. The number of pyridine rings is 2. The van der Waals surface area contributed by atoms with Crippen molar-refractivity contribution in [2.24, 2.45) is 4.99 Å². The van der Waals surface area contributed by atoms with E-state index >= 15 is 0 Å². The van der Waals surface area contributed by atoms with Gasteiger partial charge in [-0.15, -0.1) is 0 Å².